The van der Waals surface area contributed by atoms with Crippen LogP contribution in [0.5, 0.6) is 0 Å². The number of rotatable bonds is 8. The van der Waals surface area contributed by atoms with Gasteiger partial charge in [0.15, 0.2) is 0 Å². The van der Waals surface area contributed by atoms with Crippen LogP contribution in [0.3, 0.4) is 0 Å². The largest absolute Gasteiger partial charge is 0.345 e. The topological polar surface area (TPSA) is 83.7 Å². The number of carbonyl (C=O) groups excluding carboxylic acids is 1. The Kier molecular flexibility index (Phi) is 9.40. The zero-order valence-corrected chi connectivity index (χ0v) is 18.8. The van der Waals surface area contributed by atoms with Crippen LogP contribution in [0.1, 0.15) is 45.1 Å². The van der Waals surface area contributed by atoms with Gasteiger partial charge >= 0.3 is 0 Å². The summed E-state index contributed by atoms with van der Waals surface area (Å²) in [7, 11) is -1.60. The number of halogens is 1. The Bertz CT molecular complexity index is 730. The van der Waals surface area contributed by atoms with Gasteiger partial charge in [0.1, 0.15) is 0 Å². The Morgan fingerprint density at radius 2 is 1.71 bits per heavy atom. The van der Waals surface area contributed by atoms with E-state index in [0.717, 1.165) is 24.8 Å². The number of carbonyl (C=O) groups is 1. The molecule has 160 valence electrons. The molecule has 1 saturated heterocycles. The van der Waals surface area contributed by atoms with E-state index in [9.17, 15) is 13.2 Å². The Morgan fingerprint density at radius 3 is 2.25 bits per heavy atom. The highest BCUT2D eigenvalue weighted by molar-refractivity contribution is 7.89. The summed E-state index contributed by atoms with van der Waals surface area (Å²) in [6.07, 6.45) is 3.93. The fraction of sp³-hybridized carbons (Fsp3) is 0.650. The van der Waals surface area contributed by atoms with Crippen LogP contribution in [0.4, 0.5) is 0 Å². The number of nitrogens with zero attached hydrogens (tertiary/aromatic N) is 2. The first-order valence-electron chi connectivity index (χ1n) is 9.69. The number of benzene rings is 1. The second-order valence-electron chi connectivity index (χ2n) is 8.23. The summed E-state index contributed by atoms with van der Waals surface area (Å²) in [6, 6.07) is 6.94. The van der Waals surface area contributed by atoms with E-state index in [1.165, 1.54) is 0 Å². The summed E-state index contributed by atoms with van der Waals surface area (Å²) in [5, 5.41) is 0. The molecular formula is C20H34ClN3O3S. The number of hydrogen-bond donors (Lipinski definition) is 1. The van der Waals surface area contributed by atoms with Crippen molar-refractivity contribution >= 4 is 28.3 Å². The van der Waals surface area contributed by atoms with Crippen LogP contribution >= 0.6 is 12.4 Å². The van der Waals surface area contributed by atoms with Gasteiger partial charge in [-0.1, -0.05) is 32.4 Å². The maximum atomic E-state index is 12.7. The maximum absolute atomic E-state index is 12.7. The van der Waals surface area contributed by atoms with Crippen molar-refractivity contribution in [3.8, 4) is 0 Å². The molecule has 0 atom stereocenters. The third kappa shape index (κ3) is 6.72. The van der Waals surface area contributed by atoms with Crippen molar-refractivity contribution in [2.24, 2.45) is 11.1 Å². The zero-order chi connectivity index (χ0) is 20.1. The minimum absolute atomic E-state index is 0. The predicted molar refractivity (Wildman–Crippen MR) is 115 cm³/mol. The Hall–Kier alpha value is -1.15. The molecule has 2 N–H and O–H groups in total. The van der Waals surface area contributed by atoms with Crippen LogP contribution in [-0.2, 0) is 21.2 Å². The highest BCUT2D eigenvalue weighted by Gasteiger charge is 2.25. The predicted octanol–water partition coefficient (Wildman–Crippen LogP) is 2.66. The normalized spacial score (nSPS) is 15.7. The summed E-state index contributed by atoms with van der Waals surface area (Å²) >= 11 is 0. The summed E-state index contributed by atoms with van der Waals surface area (Å²) in [4.78, 5) is 14.4. The van der Waals surface area contributed by atoms with E-state index >= 15 is 0 Å². The first-order chi connectivity index (χ1) is 12.7. The molecule has 1 heterocycles. The molecule has 28 heavy (non-hydrogen) atoms. The van der Waals surface area contributed by atoms with Gasteiger partial charge in [0.25, 0.3) is 0 Å². The van der Waals surface area contributed by atoms with Gasteiger partial charge < -0.3 is 10.6 Å². The molecule has 2 rings (SSSR count). The van der Waals surface area contributed by atoms with Gasteiger partial charge in [-0.05, 0) is 48.9 Å². The molecule has 1 amide bonds. The molecule has 6 nitrogen and oxygen atoms in total. The first kappa shape index (κ1) is 24.9. The van der Waals surface area contributed by atoms with Crippen LogP contribution in [-0.4, -0.2) is 56.8 Å². The molecule has 0 unspecified atom stereocenters. The van der Waals surface area contributed by atoms with Crippen LogP contribution < -0.4 is 5.73 Å². The third-order valence-corrected chi connectivity index (χ3v) is 7.06. The lowest BCUT2D eigenvalue weighted by Crippen LogP contribution is -2.39. The van der Waals surface area contributed by atoms with Gasteiger partial charge in [-0.25, -0.2) is 8.42 Å². The van der Waals surface area contributed by atoms with Gasteiger partial charge in [-0.3, -0.25) is 4.79 Å². The molecule has 0 aromatic heterocycles. The lowest BCUT2D eigenvalue weighted by atomic mass is 9.93. The molecule has 1 aliphatic heterocycles. The Labute approximate surface area is 175 Å². The van der Waals surface area contributed by atoms with Gasteiger partial charge in [0, 0.05) is 33.1 Å². The lowest BCUT2D eigenvalue weighted by molar-refractivity contribution is -0.131. The van der Waals surface area contributed by atoms with Crippen molar-refractivity contribution in [3.63, 3.8) is 0 Å². The van der Waals surface area contributed by atoms with Gasteiger partial charge in [0.05, 0.1) is 4.90 Å². The van der Waals surface area contributed by atoms with E-state index in [-0.39, 0.29) is 23.7 Å². The van der Waals surface area contributed by atoms with Gasteiger partial charge in [-0.15, -0.1) is 12.4 Å². The molecule has 0 saturated carbocycles. The van der Waals surface area contributed by atoms with E-state index in [0.29, 0.717) is 43.9 Å². The van der Waals surface area contributed by atoms with Crippen molar-refractivity contribution in [3.05, 3.63) is 29.8 Å². The molecule has 1 aromatic rings. The molecule has 0 spiro atoms. The lowest BCUT2D eigenvalue weighted by Gasteiger charge is -2.29. The van der Waals surface area contributed by atoms with Crippen molar-refractivity contribution in [1.29, 1.82) is 0 Å². The molecule has 0 radical (unpaired) electrons. The fourth-order valence-electron chi connectivity index (χ4n) is 3.32. The van der Waals surface area contributed by atoms with Crippen LogP contribution in [0.15, 0.2) is 29.2 Å². The number of nitrogens with two attached hydrogens (primary N) is 1. The van der Waals surface area contributed by atoms with Crippen molar-refractivity contribution in [2.45, 2.75) is 50.8 Å². The second-order valence-corrected chi connectivity index (χ2v) is 10.2. The number of amides is 1. The molecule has 8 heteroatoms. The highest BCUT2D eigenvalue weighted by Crippen LogP contribution is 2.21. The van der Waals surface area contributed by atoms with E-state index in [2.05, 4.69) is 0 Å². The molecule has 1 aliphatic rings. The van der Waals surface area contributed by atoms with Crippen LogP contribution in [0, 0.1) is 5.41 Å². The fourth-order valence-corrected chi connectivity index (χ4v) is 4.84. The molecular weight excluding hydrogens is 398 g/mol. The van der Waals surface area contributed by atoms with Gasteiger partial charge in [0.2, 0.25) is 15.9 Å². The zero-order valence-electron chi connectivity index (χ0n) is 17.2. The molecule has 0 aliphatic carbocycles. The number of hydrogen-bond acceptors (Lipinski definition) is 4. The van der Waals surface area contributed by atoms with Crippen molar-refractivity contribution < 1.29 is 13.2 Å². The molecule has 1 aromatic carbocycles. The first-order valence-corrected chi connectivity index (χ1v) is 11.1. The maximum Gasteiger partial charge on any atom is 0.243 e. The van der Waals surface area contributed by atoms with Crippen molar-refractivity contribution in [2.75, 3.05) is 33.2 Å². The summed E-state index contributed by atoms with van der Waals surface area (Å²) in [5.74, 6) is 0.0709. The average Bonchev–Trinajstić information content (AvgIpc) is 2.66. The minimum atomic E-state index is -3.40. The van der Waals surface area contributed by atoms with Crippen molar-refractivity contribution in [1.82, 2.24) is 9.21 Å². The SMILES string of the molecule is CN(CC(C)(C)CN)C(=O)CCc1ccc(S(=O)(=O)N2CCCCC2)cc1.Cl. The molecule has 0 bridgehead atoms. The minimum Gasteiger partial charge on any atom is -0.345 e. The Balaban J connectivity index is 0.00000392. The van der Waals surface area contributed by atoms with Gasteiger partial charge in [-0.2, -0.15) is 4.31 Å². The van der Waals surface area contributed by atoms with Crippen LogP contribution in [0.2, 0.25) is 0 Å². The smallest absolute Gasteiger partial charge is 0.243 e. The summed E-state index contributed by atoms with van der Waals surface area (Å²) in [5.41, 5.74) is 6.60. The number of piperidine rings is 1. The summed E-state index contributed by atoms with van der Waals surface area (Å²) < 4.78 is 26.9. The number of aryl methyl sites for hydroxylation is 1. The Morgan fingerprint density at radius 1 is 1.14 bits per heavy atom. The number of sulfonamides is 1. The van der Waals surface area contributed by atoms with E-state index in [4.69, 9.17) is 5.73 Å². The summed E-state index contributed by atoms with van der Waals surface area (Å²) in [6.45, 7) is 6.43. The quantitative estimate of drug-likeness (QED) is 0.685. The van der Waals surface area contributed by atoms with E-state index < -0.39 is 10.0 Å². The van der Waals surface area contributed by atoms with E-state index in [1.807, 2.05) is 26.0 Å². The monoisotopic (exact) mass is 431 g/mol. The second kappa shape index (κ2) is 10.6. The average molecular weight is 432 g/mol. The van der Waals surface area contributed by atoms with E-state index in [1.54, 1.807) is 28.4 Å². The third-order valence-electron chi connectivity index (χ3n) is 5.15. The highest BCUT2D eigenvalue weighted by atomic mass is 35.5. The van der Waals surface area contributed by atoms with Crippen LogP contribution in [0.25, 0.3) is 0 Å². The molecule has 1 fully saturated rings. The standard InChI is InChI=1S/C20H33N3O3S.ClH/c1-20(2,15-21)16-22(3)19(24)12-9-17-7-10-18(11-8-17)27(25,26)23-13-5-4-6-14-23;/h7-8,10-11H,4-6,9,12-16,21H2,1-3H3;1H.